The van der Waals surface area contributed by atoms with Gasteiger partial charge in [-0.25, -0.2) is 4.98 Å². The summed E-state index contributed by atoms with van der Waals surface area (Å²) in [5.41, 5.74) is 1.81. The van der Waals surface area contributed by atoms with Crippen molar-refractivity contribution in [1.82, 2.24) is 15.2 Å². The highest BCUT2D eigenvalue weighted by atomic mass is 35.5. The maximum Gasteiger partial charge on any atom is 0.235 e. The van der Waals surface area contributed by atoms with E-state index in [1.807, 2.05) is 25.1 Å². The topological polar surface area (TPSA) is 79.8 Å². The molecule has 3 aromatic rings. The molecule has 0 saturated heterocycles. The molecule has 6 nitrogen and oxygen atoms in total. The van der Waals surface area contributed by atoms with Gasteiger partial charge >= 0.3 is 0 Å². The number of carbonyl (C=O) groups is 1. The van der Waals surface area contributed by atoms with Crippen molar-refractivity contribution in [3.05, 3.63) is 52.1 Å². The van der Waals surface area contributed by atoms with Crippen LogP contribution in [-0.4, -0.2) is 26.8 Å². The molecule has 0 radical (unpaired) electrons. The number of pyridine rings is 1. The van der Waals surface area contributed by atoms with Crippen LogP contribution in [0, 0.1) is 6.92 Å². The number of nitrogens with one attached hydrogen (secondary N) is 2. The van der Waals surface area contributed by atoms with Crippen molar-refractivity contribution < 1.29 is 4.79 Å². The molecule has 0 saturated carbocycles. The van der Waals surface area contributed by atoms with Gasteiger partial charge in [-0.2, -0.15) is 0 Å². The van der Waals surface area contributed by atoms with Crippen LogP contribution in [0.5, 0.6) is 0 Å². The second kappa shape index (κ2) is 8.68. The van der Waals surface area contributed by atoms with Crippen molar-refractivity contribution >= 4 is 68.8 Å². The van der Waals surface area contributed by atoms with E-state index in [0.717, 1.165) is 11.3 Å². The van der Waals surface area contributed by atoms with E-state index in [4.69, 9.17) is 23.2 Å². The lowest BCUT2D eigenvalue weighted by atomic mass is 10.2. The van der Waals surface area contributed by atoms with Crippen LogP contribution >= 0.6 is 46.3 Å². The maximum absolute atomic E-state index is 12.0. The Kier molecular flexibility index (Phi) is 6.31. The number of hydrogen-bond donors (Lipinski definition) is 2. The van der Waals surface area contributed by atoms with Crippen molar-refractivity contribution in [2.45, 2.75) is 11.3 Å². The molecule has 134 valence electrons. The third kappa shape index (κ3) is 5.07. The minimum Gasteiger partial charge on any atom is -0.330 e. The van der Waals surface area contributed by atoms with Crippen LogP contribution in [0.4, 0.5) is 16.6 Å². The zero-order chi connectivity index (χ0) is 18.5. The monoisotopic (exact) mass is 425 g/mol. The molecule has 0 atom stereocenters. The van der Waals surface area contributed by atoms with E-state index in [2.05, 4.69) is 25.8 Å². The number of thioether (sulfide) groups is 1. The Labute approximate surface area is 168 Å². The Bertz CT molecular complexity index is 917. The Balaban J connectivity index is 1.54. The van der Waals surface area contributed by atoms with Crippen LogP contribution in [0.15, 0.2) is 40.9 Å². The van der Waals surface area contributed by atoms with Crippen molar-refractivity contribution in [2.24, 2.45) is 0 Å². The average molecular weight is 426 g/mol. The van der Waals surface area contributed by atoms with E-state index in [1.54, 1.807) is 12.1 Å². The first-order chi connectivity index (χ1) is 12.5. The lowest BCUT2D eigenvalue weighted by Gasteiger charge is -2.06. The van der Waals surface area contributed by atoms with Crippen LogP contribution < -0.4 is 10.6 Å². The van der Waals surface area contributed by atoms with Gasteiger partial charge in [0, 0.05) is 16.9 Å². The third-order valence-corrected chi connectivity index (χ3v) is 5.84. The van der Waals surface area contributed by atoms with E-state index in [9.17, 15) is 4.79 Å². The number of rotatable bonds is 6. The molecular formula is C16H13Cl2N5OS2. The number of benzene rings is 1. The standard InChI is InChI=1S/C16H13Cl2N5OS2/c1-9-11(18)3-2-4-12(9)20-15-22-23-16(26-15)25-8-14(24)21-13-6-5-10(17)7-19-13/h2-7H,8H2,1H3,(H,20,22)(H,19,21,24). The van der Waals surface area contributed by atoms with E-state index < -0.39 is 0 Å². The Hall–Kier alpha value is -1.87. The molecule has 2 N–H and O–H groups in total. The van der Waals surface area contributed by atoms with Crippen LogP contribution in [0.2, 0.25) is 10.0 Å². The summed E-state index contributed by atoms with van der Waals surface area (Å²) in [6, 6.07) is 8.92. The predicted octanol–water partition coefficient (Wildman–Crippen LogP) is 5.02. The molecule has 0 bridgehead atoms. The number of hydrogen-bond acceptors (Lipinski definition) is 7. The molecule has 10 heteroatoms. The Morgan fingerprint density at radius 2 is 2.08 bits per heavy atom. The average Bonchev–Trinajstić information content (AvgIpc) is 3.07. The van der Waals surface area contributed by atoms with Crippen molar-refractivity contribution in [3.63, 3.8) is 0 Å². The van der Waals surface area contributed by atoms with Gasteiger partial charge in [-0.1, -0.05) is 52.4 Å². The van der Waals surface area contributed by atoms with Gasteiger partial charge in [0.05, 0.1) is 10.8 Å². The van der Waals surface area contributed by atoms with Gasteiger partial charge in [0.2, 0.25) is 11.0 Å². The minimum atomic E-state index is -0.180. The van der Waals surface area contributed by atoms with Gasteiger partial charge < -0.3 is 10.6 Å². The highest BCUT2D eigenvalue weighted by Crippen LogP contribution is 2.30. The van der Waals surface area contributed by atoms with Crippen molar-refractivity contribution in [1.29, 1.82) is 0 Å². The molecule has 0 unspecified atom stereocenters. The fourth-order valence-electron chi connectivity index (χ4n) is 1.93. The summed E-state index contributed by atoms with van der Waals surface area (Å²) in [4.78, 5) is 16.0. The van der Waals surface area contributed by atoms with Gasteiger partial charge in [0.15, 0.2) is 4.34 Å². The summed E-state index contributed by atoms with van der Waals surface area (Å²) < 4.78 is 0.686. The van der Waals surface area contributed by atoms with Gasteiger partial charge in [0.1, 0.15) is 5.82 Å². The highest BCUT2D eigenvalue weighted by Gasteiger charge is 2.10. The quantitative estimate of drug-likeness (QED) is 0.539. The zero-order valence-corrected chi connectivity index (χ0v) is 16.6. The number of carbonyl (C=O) groups excluding carboxylic acids is 1. The summed E-state index contributed by atoms with van der Waals surface area (Å²) >= 11 is 14.5. The molecule has 1 amide bonds. The first-order valence-corrected chi connectivity index (χ1v) is 9.97. The predicted molar refractivity (Wildman–Crippen MR) is 108 cm³/mol. The normalized spacial score (nSPS) is 10.6. The molecule has 0 aliphatic carbocycles. The second-order valence-electron chi connectivity index (χ2n) is 5.11. The van der Waals surface area contributed by atoms with Gasteiger partial charge in [-0.3, -0.25) is 4.79 Å². The van der Waals surface area contributed by atoms with E-state index in [1.165, 1.54) is 29.3 Å². The lowest BCUT2D eigenvalue weighted by molar-refractivity contribution is -0.113. The summed E-state index contributed by atoms with van der Waals surface area (Å²) in [5.74, 6) is 0.478. The summed E-state index contributed by atoms with van der Waals surface area (Å²) in [7, 11) is 0. The highest BCUT2D eigenvalue weighted by molar-refractivity contribution is 8.01. The maximum atomic E-state index is 12.0. The van der Waals surface area contributed by atoms with Crippen molar-refractivity contribution in [3.8, 4) is 0 Å². The fraction of sp³-hybridized carbons (Fsp3) is 0.125. The number of anilines is 3. The smallest absolute Gasteiger partial charge is 0.235 e. The van der Waals surface area contributed by atoms with Crippen LogP contribution in [-0.2, 0) is 4.79 Å². The lowest BCUT2D eigenvalue weighted by Crippen LogP contribution is -2.14. The molecule has 0 aliphatic heterocycles. The molecule has 2 heterocycles. The zero-order valence-electron chi connectivity index (χ0n) is 13.5. The number of nitrogens with zero attached hydrogens (tertiary/aromatic N) is 3. The van der Waals surface area contributed by atoms with Crippen LogP contribution in [0.1, 0.15) is 5.56 Å². The molecule has 0 fully saturated rings. The number of aromatic nitrogens is 3. The van der Waals surface area contributed by atoms with E-state index in [0.29, 0.717) is 25.3 Å². The molecule has 0 spiro atoms. The molecule has 26 heavy (non-hydrogen) atoms. The summed E-state index contributed by atoms with van der Waals surface area (Å²) in [6.45, 7) is 1.93. The summed E-state index contributed by atoms with van der Waals surface area (Å²) in [6.07, 6.45) is 1.48. The van der Waals surface area contributed by atoms with Crippen molar-refractivity contribution in [2.75, 3.05) is 16.4 Å². The first kappa shape index (κ1) is 18.9. The summed E-state index contributed by atoms with van der Waals surface area (Å²) in [5, 5.41) is 15.9. The fourth-order valence-corrected chi connectivity index (χ4v) is 3.78. The molecule has 1 aromatic carbocycles. The van der Waals surface area contributed by atoms with Gasteiger partial charge in [0.25, 0.3) is 0 Å². The second-order valence-corrected chi connectivity index (χ2v) is 8.15. The Morgan fingerprint density at radius 1 is 1.23 bits per heavy atom. The Morgan fingerprint density at radius 3 is 2.85 bits per heavy atom. The number of halogens is 2. The van der Waals surface area contributed by atoms with Crippen LogP contribution in [0.25, 0.3) is 0 Å². The molecule has 3 rings (SSSR count). The van der Waals surface area contributed by atoms with Crippen LogP contribution in [0.3, 0.4) is 0 Å². The van der Waals surface area contributed by atoms with E-state index >= 15 is 0 Å². The largest absolute Gasteiger partial charge is 0.330 e. The molecule has 0 aliphatic rings. The molecular weight excluding hydrogens is 413 g/mol. The first-order valence-electron chi connectivity index (χ1n) is 7.41. The SMILES string of the molecule is Cc1c(Cl)cccc1Nc1nnc(SCC(=O)Nc2ccc(Cl)cn2)s1. The van der Waals surface area contributed by atoms with Gasteiger partial charge in [-0.05, 0) is 36.8 Å². The molecule has 2 aromatic heterocycles. The third-order valence-electron chi connectivity index (χ3n) is 3.24. The van der Waals surface area contributed by atoms with Gasteiger partial charge in [-0.15, -0.1) is 10.2 Å². The number of amides is 1. The van der Waals surface area contributed by atoms with E-state index in [-0.39, 0.29) is 11.7 Å². The minimum absolute atomic E-state index is 0.180.